The van der Waals surface area contributed by atoms with Crippen molar-refractivity contribution in [2.75, 3.05) is 0 Å². The molecule has 0 aliphatic heterocycles. The molecule has 0 aromatic heterocycles. The second-order valence-electron chi connectivity index (χ2n) is 2.71. The molecule has 0 atom stereocenters. The van der Waals surface area contributed by atoms with Crippen molar-refractivity contribution in [2.45, 2.75) is 0 Å². The molecule has 0 saturated carbocycles. The topological polar surface area (TPSA) is 66.9 Å². The van der Waals surface area contributed by atoms with E-state index in [0.29, 0.717) is 11.1 Å². The highest BCUT2D eigenvalue weighted by Crippen LogP contribution is 2.16. The number of carbonyl (C=O) groups excluding carboxylic acids is 1. The molecule has 0 bridgehead atoms. The second-order valence-corrected chi connectivity index (χ2v) is 3.63. The Hall–Kier alpha value is -1.42. The lowest BCUT2D eigenvalue weighted by atomic mass is 10.1. The van der Waals surface area contributed by atoms with E-state index in [1.54, 1.807) is 18.2 Å². The summed E-state index contributed by atoms with van der Waals surface area (Å²) in [6.45, 7) is 3.49. The van der Waals surface area contributed by atoms with Crippen molar-refractivity contribution in [3.05, 3.63) is 46.5 Å². The van der Waals surface area contributed by atoms with Crippen LogP contribution in [-0.4, -0.2) is 11.6 Å². The number of hydrogen-bond acceptors (Lipinski definition) is 2. The second kappa shape index (κ2) is 4.19. The SMILES string of the molecule is C=CC(=N)c1cc(Br)cc(C(N)=O)c1. The van der Waals surface area contributed by atoms with Crippen molar-refractivity contribution in [3.8, 4) is 0 Å². The van der Waals surface area contributed by atoms with E-state index in [1.165, 1.54) is 6.08 Å². The molecule has 0 unspecified atom stereocenters. The monoisotopic (exact) mass is 252 g/mol. The predicted octanol–water partition coefficient (Wildman–Crippen LogP) is 2.10. The van der Waals surface area contributed by atoms with Crippen LogP contribution in [0.5, 0.6) is 0 Å². The van der Waals surface area contributed by atoms with Crippen LogP contribution in [-0.2, 0) is 0 Å². The molecule has 0 aliphatic rings. The summed E-state index contributed by atoms with van der Waals surface area (Å²) in [7, 11) is 0. The molecule has 1 aromatic carbocycles. The Balaban J connectivity index is 3.26. The van der Waals surface area contributed by atoms with Crippen LogP contribution < -0.4 is 5.73 Å². The van der Waals surface area contributed by atoms with E-state index in [4.69, 9.17) is 11.1 Å². The number of rotatable bonds is 3. The van der Waals surface area contributed by atoms with Crippen LogP contribution in [0.25, 0.3) is 0 Å². The van der Waals surface area contributed by atoms with E-state index in [2.05, 4.69) is 22.5 Å². The Morgan fingerprint density at radius 1 is 1.43 bits per heavy atom. The molecule has 3 N–H and O–H groups in total. The average molecular weight is 253 g/mol. The molecule has 0 spiro atoms. The van der Waals surface area contributed by atoms with Gasteiger partial charge in [-0.2, -0.15) is 0 Å². The summed E-state index contributed by atoms with van der Waals surface area (Å²) in [4.78, 5) is 10.9. The van der Waals surface area contributed by atoms with Crippen molar-refractivity contribution in [2.24, 2.45) is 5.73 Å². The van der Waals surface area contributed by atoms with Gasteiger partial charge in [0.25, 0.3) is 0 Å². The fourth-order valence-corrected chi connectivity index (χ4v) is 1.50. The number of benzene rings is 1. The molecule has 1 aromatic rings. The summed E-state index contributed by atoms with van der Waals surface area (Å²) in [5.41, 5.74) is 6.39. The molecule has 3 nitrogen and oxygen atoms in total. The van der Waals surface area contributed by atoms with E-state index in [0.717, 1.165) is 4.47 Å². The predicted molar refractivity (Wildman–Crippen MR) is 59.7 cm³/mol. The molecule has 0 radical (unpaired) electrons. The average Bonchev–Trinajstić information content (AvgIpc) is 2.15. The fourth-order valence-electron chi connectivity index (χ4n) is 1.01. The summed E-state index contributed by atoms with van der Waals surface area (Å²) in [6.07, 6.45) is 1.41. The van der Waals surface area contributed by atoms with Gasteiger partial charge in [0.1, 0.15) is 0 Å². The maximum absolute atomic E-state index is 10.9. The minimum atomic E-state index is -0.510. The molecule has 14 heavy (non-hydrogen) atoms. The van der Waals surface area contributed by atoms with Gasteiger partial charge in [0, 0.05) is 15.6 Å². The van der Waals surface area contributed by atoms with E-state index < -0.39 is 5.91 Å². The van der Waals surface area contributed by atoms with Crippen molar-refractivity contribution >= 4 is 27.5 Å². The Morgan fingerprint density at radius 3 is 2.50 bits per heavy atom. The summed E-state index contributed by atoms with van der Waals surface area (Å²) in [5, 5.41) is 7.52. The normalized spacial score (nSPS) is 9.50. The third kappa shape index (κ3) is 2.29. The number of nitrogens with two attached hydrogens (primary N) is 1. The number of hydrogen-bond donors (Lipinski definition) is 2. The van der Waals surface area contributed by atoms with Gasteiger partial charge >= 0.3 is 0 Å². The first-order chi connectivity index (χ1) is 6.54. The molecule has 4 heteroatoms. The largest absolute Gasteiger partial charge is 0.366 e. The maximum atomic E-state index is 10.9. The summed E-state index contributed by atoms with van der Waals surface area (Å²) >= 11 is 3.24. The van der Waals surface area contributed by atoms with Gasteiger partial charge in [0.15, 0.2) is 0 Å². The zero-order valence-electron chi connectivity index (χ0n) is 7.38. The molecule has 1 amide bonds. The number of nitrogens with one attached hydrogen (secondary N) is 1. The van der Waals surface area contributed by atoms with Crippen molar-refractivity contribution in [1.29, 1.82) is 5.41 Å². The molecule has 1 rings (SSSR count). The highest BCUT2D eigenvalue weighted by Gasteiger charge is 2.05. The van der Waals surface area contributed by atoms with Crippen LogP contribution in [0.1, 0.15) is 15.9 Å². The summed E-state index contributed by atoms with van der Waals surface area (Å²) in [5.74, 6) is -0.510. The molecule has 0 aliphatic carbocycles. The summed E-state index contributed by atoms with van der Waals surface area (Å²) < 4.78 is 0.718. The molecular formula is C10H9BrN2O. The Labute approximate surface area is 90.3 Å². The number of allylic oxidation sites excluding steroid dienone is 1. The third-order valence-corrected chi connectivity index (χ3v) is 2.16. The van der Waals surface area contributed by atoms with Crippen LogP contribution >= 0.6 is 15.9 Å². The highest BCUT2D eigenvalue weighted by atomic mass is 79.9. The fraction of sp³-hybridized carbons (Fsp3) is 0. The highest BCUT2D eigenvalue weighted by molar-refractivity contribution is 9.10. The maximum Gasteiger partial charge on any atom is 0.248 e. The van der Waals surface area contributed by atoms with Crippen molar-refractivity contribution < 1.29 is 4.79 Å². The van der Waals surface area contributed by atoms with E-state index in [9.17, 15) is 4.79 Å². The van der Waals surface area contributed by atoms with Gasteiger partial charge in [-0.25, -0.2) is 0 Å². The standard InChI is InChI=1S/C10H9BrN2O/c1-2-9(12)6-3-7(10(13)14)5-8(11)4-6/h2-5,12H,1H2,(H2,13,14). The van der Waals surface area contributed by atoms with Gasteiger partial charge in [-0.15, -0.1) is 0 Å². The number of carbonyl (C=O) groups is 1. The van der Waals surface area contributed by atoms with Crippen LogP contribution in [0.15, 0.2) is 35.3 Å². The first kappa shape index (κ1) is 10.7. The lowest BCUT2D eigenvalue weighted by Crippen LogP contribution is -2.11. The van der Waals surface area contributed by atoms with Gasteiger partial charge in [0.2, 0.25) is 5.91 Å². The number of primary amides is 1. The lowest BCUT2D eigenvalue weighted by molar-refractivity contribution is 0.1000. The zero-order valence-corrected chi connectivity index (χ0v) is 8.97. The summed E-state index contributed by atoms with van der Waals surface area (Å²) in [6, 6.07) is 4.91. The first-order valence-corrected chi connectivity index (χ1v) is 4.65. The van der Waals surface area contributed by atoms with E-state index in [1.807, 2.05) is 0 Å². The smallest absolute Gasteiger partial charge is 0.248 e. The minimum Gasteiger partial charge on any atom is -0.366 e. The first-order valence-electron chi connectivity index (χ1n) is 3.86. The lowest BCUT2D eigenvalue weighted by Gasteiger charge is -2.02. The van der Waals surface area contributed by atoms with Gasteiger partial charge in [-0.1, -0.05) is 22.5 Å². The van der Waals surface area contributed by atoms with Crippen LogP contribution in [0.4, 0.5) is 0 Å². The van der Waals surface area contributed by atoms with Crippen LogP contribution in [0, 0.1) is 5.41 Å². The van der Waals surface area contributed by atoms with Crippen LogP contribution in [0.3, 0.4) is 0 Å². The number of amides is 1. The van der Waals surface area contributed by atoms with Gasteiger partial charge in [-0.05, 0) is 24.3 Å². The zero-order chi connectivity index (χ0) is 10.7. The third-order valence-electron chi connectivity index (χ3n) is 1.70. The Morgan fingerprint density at radius 2 is 2.00 bits per heavy atom. The molecule has 0 fully saturated rings. The molecule has 0 heterocycles. The number of halogens is 1. The van der Waals surface area contributed by atoms with E-state index in [-0.39, 0.29) is 5.71 Å². The van der Waals surface area contributed by atoms with E-state index >= 15 is 0 Å². The van der Waals surface area contributed by atoms with Gasteiger partial charge < -0.3 is 11.1 Å². The van der Waals surface area contributed by atoms with Gasteiger partial charge in [0.05, 0.1) is 5.71 Å². The minimum absolute atomic E-state index is 0.258. The molecule has 72 valence electrons. The molecular weight excluding hydrogens is 244 g/mol. The van der Waals surface area contributed by atoms with Gasteiger partial charge in [-0.3, -0.25) is 4.79 Å². The molecule has 0 saturated heterocycles. The van der Waals surface area contributed by atoms with Crippen molar-refractivity contribution in [3.63, 3.8) is 0 Å². The quantitative estimate of drug-likeness (QED) is 0.796. The van der Waals surface area contributed by atoms with Crippen LogP contribution in [0.2, 0.25) is 0 Å². The Bertz CT molecular complexity index is 413. The van der Waals surface area contributed by atoms with Crippen molar-refractivity contribution in [1.82, 2.24) is 0 Å². The Kier molecular flexibility index (Phi) is 3.19.